The maximum absolute atomic E-state index is 13.9. The maximum atomic E-state index is 13.9. The fraction of sp³-hybridized carbons (Fsp3) is 0.714. The smallest absolute Gasteiger partial charge is 0.146 e. The molecular weight excluding hydrogens is 331 g/mol. The SMILES string of the molecule is OC(COCC1CC2CCC1C2)CN1CCN(c2ccccc2F)CC1. The van der Waals surface area contributed by atoms with E-state index in [-0.39, 0.29) is 5.82 Å². The Balaban J connectivity index is 1.14. The lowest BCUT2D eigenvalue weighted by molar-refractivity contribution is -0.00275. The first-order chi connectivity index (χ1) is 12.7. The molecule has 0 radical (unpaired) electrons. The molecule has 1 aromatic carbocycles. The van der Waals surface area contributed by atoms with Gasteiger partial charge in [0.2, 0.25) is 0 Å². The largest absolute Gasteiger partial charge is 0.389 e. The van der Waals surface area contributed by atoms with Crippen LogP contribution in [0.3, 0.4) is 0 Å². The Hall–Kier alpha value is -1.17. The van der Waals surface area contributed by atoms with Gasteiger partial charge in [-0.1, -0.05) is 18.6 Å². The van der Waals surface area contributed by atoms with Gasteiger partial charge in [-0.25, -0.2) is 4.39 Å². The number of rotatable bonds is 7. The molecule has 1 heterocycles. The summed E-state index contributed by atoms with van der Waals surface area (Å²) in [6, 6.07) is 6.95. The van der Waals surface area contributed by atoms with Crippen LogP contribution in [0.1, 0.15) is 25.7 Å². The lowest BCUT2D eigenvalue weighted by atomic mass is 9.90. The summed E-state index contributed by atoms with van der Waals surface area (Å²) in [4.78, 5) is 4.34. The van der Waals surface area contributed by atoms with Crippen molar-refractivity contribution in [1.82, 2.24) is 4.90 Å². The highest BCUT2D eigenvalue weighted by Gasteiger charge is 2.39. The number of benzene rings is 1. The molecule has 26 heavy (non-hydrogen) atoms. The number of aliphatic hydroxyl groups is 1. The molecule has 0 amide bonds. The standard InChI is InChI=1S/C21H31FN2O2/c22-20-3-1-2-4-21(20)24-9-7-23(8-10-24)13-19(25)15-26-14-18-12-16-5-6-17(18)11-16/h1-4,16-19,25H,5-15H2. The molecule has 2 bridgehead atoms. The summed E-state index contributed by atoms with van der Waals surface area (Å²) in [7, 11) is 0. The average molecular weight is 362 g/mol. The van der Waals surface area contributed by atoms with E-state index in [1.54, 1.807) is 6.07 Å². The quantitative estimate of drug-likeness (QED) is 0.809. The van der Waals surface area contributed by atoms with Crippen molar-refractivity contribution in [2.45, 2.75) is 31.8 Å². The lowest BCUT2D eigenvalue weighted by Crippen LogP contribution is -2.49. The van der Waals surface area contributed by atoms with Crippen molar-refractivity contribution in [2.75, 3.05) is 50.8 Å². The van der Waals surface area contributed by atoms with Crippen molar-refractivity contribution in [2.24, 2.45) is 17.8 Å². The minimum Gasteiger partial charge on any atom is -0.389 e. The van der Waals surface area contributed by atoms with E-state index in [0.29, 0.717) is 18.8 Å². The van der Waals surface area contributed by atoms with Crippen molar-refractivity contribution in [1.29, 1.82) is 0 Å². The van der Waals surface area contributed by atoms with Crippen LogP contribution >= 0.6 is 0 Å². The zero-order chi connectivity index (χ0) is 17.9. The van der Waals surface area contributed by atoms with Crippen LogP contribution in [0.25, 0.3) is 0 Å². The Labute approximate surface area is 155 Å². The molecule has 4 unspecified atom stereocenters. The van der Waals surface area contributed by atoms with Crippen molar-refractivity contribution >= 4 is 5.69 Å². The van der Waals surface area contributed by atoms with E-state index >= 15 is 0 Å². The fourth-order valence-corrected chi connectivity index (χ4v) is 5.17. The van der Waals surface area contributed by atoms with Crippen LogP contribution in [0.2, 0.25) is 0 Å². The first-order valence-corrected chi connectivity index (χ1v) is 10.2. The van der Waals surface area contributed by atoms with Gasteiger partial charge in [0.1, 0.15) is 5.82 Å². The Morgan fingerprint density at radius 3 is 2.62 bits per heavy atom. The van der Waals surface area contributed by atoms with Gasteiger partial charge in [0.25, 0.3) is 0 Å². The average Bonchev–Trinajstić information content (AvgIpc) is 3.26. The number of fused-ring (bicyclic) bond motifs is 2. The van der Waals surface area contributed by atoms with E-state index in [9.17, 15) is 9.50 Å². The van der Waals surface area contributed by atoms with Crippen LogP contribution in [-0.4, -0.2) is 62.0 Å². The van der Waals surface area contributed by atoms with Crippen molar-refractivity contribution in [3.63, 3.8) is 0 Å². The number of ether oxygens (including phenoxy) is 1. The zero-order valence-corrected chi connectivity index (χ0v) is 15.5. The number of hydrogen-bond donors (Lipinski definition) is 1. The summed E-state index contributed by atoms with van der Waals surface area (Å²) in [6.07, 6.45) is 5.10. The summed E-state index contributed by atoms with van der Waals surface area (Å²) < 4.78 is 19.7. The normalized spacial score (nSPS) is 30.1. The van der Waals surface area contributed by atoms with Gasteiger partial charge in [0.05, 0.1) is 18.4 Å². The Bertz CT molecular complexity index is 591. The molecule has 4 atom stereocenters. The highest BCUT2D eigenvalue weighted by molar-refractivity contribution is 5.47. The number of hydrogen-bond acceptors (Lipinski definition) is 4. The molecule has 3 aliphatic rings. The molecule has 1 aromatic rings. The van der Waals surface area contributed by atoms with E-state index in [4.69, 9.17) is 4.74 Å². The topological polar surface area (TPSA) is 35.9 Å². The minimum absolute atomic E-state index is 0.157. The number of β-amino-alcohol motifs (C(OH)–C–C–N with tert-alkyl or cyclic N) is 1. The third-order valence-electron chi connectivity index (χ3n) is 6.56. The molecule has 0 aromatic heterocycles. The predicted octanol–water partition coefficient (Wildman–Crippen LogP) is 2.76. The summed E-state index contributed by atoms with van der Waals surface area (Å²) in [5.74, 6) is 2.40. The Kier molecular flexibility index (Phi) is 5.77. The second-order valence-electron chi connectivity index (χ2n) is 8.37. The first-order valence-electron chi connectivity index (χ1n) is 10.2. The van der Waals surface area contributed by atoms with Crippen LogP contribution in [0, 0.1) is 23.6 Å². The third-order valence-corrected chi connectivity index (χ3v) is 6.56. The molecule has 4 rings (SSSR count). The van der Waals surface area contributed by atoms with E-state index in [1.807, 2.05) is 12.1 Å². The molecule has 1 saturated heterocycles. The number of piperazine rings is 1. The summed E-state index contributed by atoms with van der Waals surface area (Å²) in [6.45, 7) is 5.16. The van der Waals surface area contributed by atoms with Crippen LogP contribution in [-0.2, 0) is 4.74 Å². The summed E-state index contributed by atoms with van der Waals surface area (Å²) >= 11 is 0. The Morgan fingerprint density at radius 2 is 1.92 bits per heavy atom. The maximum Gasteiger partial charge on any atom is 0.146 e. The molecule has 5 heteroatoms. The van der Waals surface area contributed by atoms with Crippen LogP contribution in [0.5, 0.6) is 0 Å². The fourth-order valence-electron chi connectivity index (χ4n) is 5.17. The van der Waals surface area contributed by atoms with E-state index in [2.05, 4.69) is 9.80 Å². The third kappa shape index (κ3) is 4.21. The van der Waals surface area contributed by atoms with Gasteiger partial charge in [-0.05, 0) is 49.1 Å². The zero-order valence-electron chi connectivity index (χ0n) is 15.5. The van der Waals surface area contributed by atoms with Gasteiger partial charge >= 0.3 is 0 Å². The van der Waals surface area contributed by atoms with Crippen LogP contribution < -0.4 is 4.90 Å². The number of halogens is 1. The van der Waals surface area contributed by atoms with Crippen molar-refractivity contribution < 1.29 is 14.2 Å². The molecule has 4 nitrogen and oxygen atoms in total. The number of aliphatic hydroxyl groups excluding tert-OH is 1. The second kappa shape index (κ2) is 8.24. The molecule has 1 N–H and O–H groups in total. The molecule has 2 aliphatic carbocycles. The number of anilines is 1. The molecule has 1 aliphatic heterocycles. The molecule has 144 valence electrons. The van der Waals surface area contributed by atoms with Crippen molar-refractivity contribution in [3.05, 3.63) is 30.1 Å². The van der Waals surface area contributed by atoms with Crippen LogP contribution in [0.15, 0.2) is 24.3 Å². The van der Waals surface area contributed by atoms with Gasteiger partial charge in [-0.15, -0.1) is 0 Å². The van der Waals surface area contributed by atoms with E-state index in [1.165, 1.54) is 31.7 Å². The van der Waals surface area contributed by atoms with E-state index < -0.39 is 6.10 Å². The molecule has 3 fully saturated rings. The number of para-hydroxylation sites is 1. The molecule has 2 saturated carbocycles. The van der Waals surface area contributed by atoms with Gasteiger partial charge in [-0.3, -0.25) is 4.90 Å². The second-order valence-corrected chi connectivity index (χ2v) is 8.37. The van der Waals surface area contributed by atoms with E-state index in [0.717, 1.165) is 50.5 Å². The molecule has 0 spiro atoms. The predicted molar refractivity (Wildman–Crippen MR) is 101 cm³/mol. The summed E-state index contributed by atoms with van der Waals surface area (Å²) in [5, 5.41) is 10.3. The van der Waals surface area contributed by atoms with Gasteiger partial charge in [-0.2, -0.15) is 0 Å². The highest BCUT2D eigenvalue weighted by atomic mass is 19.1. The van der Waals surface area contributed by atoms with Gasteiger partial charge < -0.3 is 14.7 Å². The minimum atomic E-state index is -0.436. The molecular formula is C21H31FN2O2. The monoisotopic (exact) mass is 362 g/mol. The van der Waals surface area contributed by atoms with Gasteiger partial charge in [0.15, 0.2) is 0 Å². The highest BCUT2D eigenvalue weighted by Crippen LogP contribution is 2.48. The van der Waals surface area contributed by atoms with Gasteiger partial charge in [0, 0.05) is 39.3 Å². The summed E-state index contributed by atoms with van der Waals surface area (Å²) in [5.41, 5.74) is 0.682. The number of nitrogens with zero attached hydrogens (tertiary/aromatic N) is 2. The van der Waals surface area contributed by atoms with Crippen LogP contribution in [0.4, 0.5) is 10.1 Å². The Morgan fingerprint density at radius 1 is 1.12 bits per heavy atom. The van der Waals surface area contributed by atoms with Crippen molar-refractivity contribution in [3.8, 4) is 0 Å². The lowest BCUT2D eigenvalue weighted by Gasteiger charge is -2.37. The first kappa shape index (κ1) is 18.2.